The number of benzene rings is 3. The van der Waals surface area contributed by atoms with Gasteiger partial charge in [-0.25, -0.2) is 0 Å². The minimum absolute atomic E-state index is 0.194. The Balaban J connectivity index is 2.15. The largest absolute Gasteiger partial charge is 0.0876 e. The maximum Gasteiger partial charge on any atom is 0.0423 e. The molecule has 0 saturated carbocycles. The van der Waals surface area contributed by atoms with Crippen molar-refractivity contribution in [2.45, 2.75) is 28.3 Å². The zero-order valence-electron chi connectivity index (χ0n) is 14.7. The molecule has 0 unspecified atom stereocenters. The van der Waals surface area contributed by atoms with Crippen LogP contribution in [-0.2, 0) is 21.4 Å². The maximum absolute atomic E-state index is 3.55. The molecule has 0 fully saturated rings. The standard InChI is InChI=1S/C23H21Br3/c1-23(20-8-2-17(14-24)3-9-20,21-10-4-18(15-25)5-11-21)22-12-6-19(16-26)7-13-22/h2-13H,14-16H2,1H3. The summed E-state index contributed by atoms with van der Waals surface area (Å²) in [6, 6.07) is 26.8. The lowest BCUT2D eigenvalue weighted by atomic mass is 9.71. The molecule has 0 aliphatic heterocycles. The van der Waals surface area contributed by atoms with Gasteiger partial charge in [0, 0.05) is 21.4 Å². The molecule has 134 valence electrons. The van der Waals surface area contributed by atoms with Gasteiger partial charge in [-0.05, 0) is 40.3 Å². The summed E-state index contributed by atoms with van der Waals surface area (Å²) in [7, 11) is 0. The predicted octanol–water partition coefficient (Wildman–Crippen LogP) is 7.73. The molecule has 0 amide bonds. The highest BCUT2D eigenvalue weighted by atomic mass is 79.9. The van der Waals surface area contributed by atoms with E-state index in [0.717, 1.165) is 16.0 Å². The van der Waals surface area contributed by atoms with Crippen LogP contribution in [-0.4, -0.2) is 0 Å². The normalized spacial score (nSPS) is 11.5. The van der Waals surface area contributed by atoms with E-state index >= 15 is 0 Å². The maximum atomic E-state index is 3.55. The van der Waals surface area contributed by atoms with E-state index in [1.807, 2.05) is 0 Å². The summed E-state index contributed by atoms with van der Waals surface area (Å²) in [5.41, 5.74) is 7.60. The van der Waals surface area contributed by atoms with Crippen molar-refractivity contribution < 1.29 is 0 Å². The van der Waals surface area contributed by atoms with Gasteiger partial charge in [-0.3, -0.25) is 0 Å². The van der Waals surface area contributed by atoms with Gasteiger partial charge in [0.2, 0.25) is 0 Å². The van der Waals surface area contributed by atoms with Gasteiger partial charge < -0.3 is 0 Å². The molecular formula is C23H21Br3. The van der Waals surface area contributed by atoms with Gasteiger partial charge in [0.05, 0.1) is 0 Å². The highest BCUT2D eigenvalue weighted by Crippen LogP contribution is 2.39. The Morgan fingerprint density at radius 1 is 0.500 bits per heavy atom. The number of halogens is 3. The van der Waals surface area contributed by atoms with E-state index in [1.54, 1.807) is 0 Å². The first-order valence-electron chi connectivity index (χ1n) is 8.58. The van der Waals surface area contributed by atoms with Crippen LogP contribution in [0.25, 0.3) is 0 Å². The smallest absolute Gasteiger partial charge is 0.0423 e. The van der Waals surface area contributed by atoms with E-state index in [4.69, 9.17) is 0 Å². The Hall–Kier alpha value is -0.900. The van der Waals surface area contributed by atoms with Crippen molar-refractivity contribution >= 4 is 47.8 Å². The number of alkyl halides is 3. The highest BCUT2D eigenvalue weighted by Gasteiger charge is 2.31. The number of hydrogen-bond acceptors (Lipinski definition) is 0. The van der Waals surface area contributed by atoms with Crippen molar-refractivity contribution in [3.05, 3.63) is 106 Å². The fourth-order valence-corrected chi connectivity index (χ4v) is 4.40. The zero-order chi connectivity index (χ0) is 18.6. The van der Waals surface area contributed by atoms with Gasteiger partial charge in [-0.15, -0.1) is 0 Å². The molecule has 0 heterocycles. The molecule has 0 aliphatic carbocycles. The molecular weight excluding hydrogens is 516 g/mol. The summed E-state index contributed by atoms with van der Waals surface area (Å²) < 4.78 is 0. The van der Waals surface area contributed by atoms with Crippen LogP contribution in [0.3, 0.4) is 0 Å². The lowest BCUT2D eigenvalue weighted by molar-refractivity contribution is 0.691. The second-order valence-electron chi connectivity index (χ2n) is 6.62. The van der Waals surface area contributed by atoms with Gasteiger partial charge in [0.15, 0.2) is 0 Å². The second-order valence-corrected chi connectivity index (χ2v) is 8.30. The monoisotopic (exact) mass is 534 g/mol. The topological polar surface area (TPSA) is 0 Å². The van der Waals surface area contributed by atoms with Gasteiger partial charge in [0.25, 0.3) is 0 Å². The van der Waals surface area contributed by atoms with Crippen molar-refractivity contribution in [2.75, 3.05) is 0 Å². The molecule has 26 heavy (non-hydrogen) atoms. The van der Waals surface area contributed by atoms with E-state index in [0.29, 0.717) is 0 Å². The Bertz CT molecular complexity index is 718. The van der Waals surface area contributed by atoms with E-state index in [-0.39, 0.29) is 5.41 Å². The first-order valence-corrected chi connectivity index (χ1v) is 11.9. The number of hydrogen-bond donors (Lipinski definition) is 0. The third kappa shape index (κ3) is 4.00. The molecule has 0 aromatic heterocycles. The van der Waals surface area contributed by atoms with Crippen LogP contribution in [0.5, 0.6) is 0 Å². The summed E-state index contributed by atoms with van der Waals surface area (Å²) in [4.78, 5) is 0. The molecule has 0 bridgehead atoms. The average molecular weight is 537 g/mol. The van der Waals surface area contributed by atoms with Crippen molar-refractivity contribution in [1.82, 2.24) is 0 Å². The van der Waals surface area contributed by atoms with Gasteiger partial charge in [0.1, 0.15) is 0 Å². The van der Waals surface area contributed by atoms with Crippen LogP contribution in [0.15, 0.2) is 72.8 Å². The summed E-state index contributed by atoms with van der Waals surface area (Å²) in [6.07, 6.45) is 0. The molecule has 3 heteroatoms. The van der Waals surface area contributed by atoms with Crippen LogP contribution in [0, 0.1) is 0 Å². The van der Waals surface area contributed by atoms with E-state index in [2.05, 4.69) is 128 Å². The molecule has 0 nitrogen and oxygen atoms in total. The highest BCUT2D eigenvalue weighted by molar-refractivity contribution is 9.09. The lowest BCUT2D eigenvalue weighted by Crippen LogP contribution is -2.25. The first kappa shape index (κ1) is 19.9. The van der Waals surface area contributed by atoms with Crippen LogP contribution >= 0.6 is 47.8 Å². The molecule has 0 spiro atoms. The molecule has 3 aromatic rings. The molecule has 0 N–H and O–H groups in total. The number of rotatable bonds is 6. The average Bonchev–Trinajstić information content (AvgIpc) is 2.73. The van der Waals surface area contributed by atoms with Crippen LogP contribution in [0.2, 0.25) is 0 Å². The molecule has 0 saturated heterocycles. The van der Waals surface area contributed by atoms with E-state index in [1.165, 1.54) is 33.4 Å². The summed E-state index contributed by atoms with van der Waals surface area (Å²) in [5, 5.41) is 2.64. The Labute approximate surface area is 181 Å². The molecule has 0 atom stereocenters. The van der Waals surface area contributed by atoms with Gasteiger partial charge in [-0.1, -0.05) is 121 Å². The fraction of sp³-hybridized carbons (Fsp3) is 0.217. The molecule has 3 aromatic carbocycles. The third-order valence-corrected chi connectivity index (χ3v) is 7.00. The van der Waals surface area contributed by atoms with Crippen molar-refractivity contribution in [3.8, 4) is 0 Å². The summed E-state index contributed by atoms with van der Waals surface area (Å²) in [5.74, 6) is 0. The van der Waals surface area contributed by atoms with Gasteiger partial charge >= 0.3 is 0 Å². The first-order chi connectivity index (χ1) is 12.6. The fourth-order valence-electron chi connectivity index (χ4n) is 3.28. The van der Waals surface area contributed by atoms with Gasteiger partial charge in [-0.2, -0.15) is 0 Å². The van der Waals surface area contributed by atoms with E-state index in [9.17, 15) is 0 Å². The van der Waals surface area contributed by atoms with Crippen molar-refractivity contribution in [2.24, 2.45) is 0 Å². The molecule has 0 aliphatic rings. The Kier molecular flexibility index (Phi) is 6.76. The minimum Gasteiger partial charge on any atom is -0.0876 e. The van der Waals surface area contributed by atoms with Crippen molar-refractivity contribution in [3.63, 3.8) is 0 Å². The Morgan fingerprint density at radius 3 is 0.923 bits per heavy atom. The quantitative estimate of drug-likeness (QED) is 0.223. The molecule has 3 rings (SSSR count). The summed E-state index contributed by atoms with van der Waals surface area (Å²) >= 11 is 10.6. The lowest BCUT2D eigenvalue weighted by Gasteiger charge is -2.32. The minimum atomic E-state index is -0.194. The summed E-state index contributed by atoms with van der Waals surface area (Å²) in [6.45, 7) is 2.32. The third-order valence-electron chi connectivity index (χ3n) is 5.06. The molecule has 0 radical (unpaired) electrons. The van der Waals surface area contributed by atoms with Crippen LogP contribution in [0.4, 0.5) is 0 Å². The van der Waals surface area contributed by atoms with Crippen LogP contribution < -0.4 is 0 Å². The Morgan fingerprint density at radius 2 is 0.731 bits per heavy atom. The van der Waals surface area contributed by atoms with Crippen molar-refractivity contribution in [1.29, 1.82) is 0 Å². The zero-order valence-corrected chi connectivity index (χ0v) is 19.4. The van der Waals surface area contributed by atoms with E-state index < -0.39 is 0 Å². The SMILES string of the molecule is CC(c1ccc(CBr)cc1)(c1ccc(CBr)cc1)c1ccc(CBr)cc1. The van der Waals surface area contributed by atoms with Crippen LogP contribution in [0.1, 0.15) is 40.3 Å². The predicted molar refractivity (Wildman–Crippen MR) is 123 cm³/mol. The second kappa shape index (κ2) is 8.86.